The molecule has 0 unspecified atom stereocenters. The molecule has 1 aromatic carbocycles. The molecule has 0 spiro atoms. The van der Waals surface area contributed by atoms with Crippen LogP contribution < -0.4 is 15.8 Å². The van der Waals surface area contributed by atoms with Crippen LogP contribution in [0, 0.1) is 0 Å². The standard InChI is InChI=1S/C15H20F3N3O.HI/c1-4-7-20-14(19)21-9-11-5-6-12(22-10(2)3)8-13(11)15(16,17)18;/h4-6,8,10H,1,7,9H2,2-3H3,(H3,19,20,21);1H. The van der Waals surface area contributed by atoms with Gasteiger partial charge in [0.25, 0.3) is 0 Å². The van der Waals surface area contributed by atoms with E-state index in [1.54, 1.807) is 19.9 Å². The fourth-order valence-corrected chi connectivity index (χ4v) is 1.71. The van der Waals surface area contributed by atoms with E-state index in [2.05, 4.69) is 16.9 Å². The van der Waals surface area contributed by atoms with E-state index in [4.69, 9.17) is 10.5 Å². The summed E-state index contributed by atoms with van der Waals surface area (Å²) in [7, 11) is 0. The van der Waals surface area contributed by atoms with Crippen LogP contribution in [0.2, 0.25) is 0 Å². The van der Waals surface area contributed by atoms with Crippen LogP contribution in [-0.4, -0.2) is 18.6 Å². The summed E-state index contributed by atoms with van der Waals surface area (Å²) in [6.07, 6.45) is -3.12. The molecule has 0 aliphatic carbocycles. The van der Waals surface area contributed by atoms with Crippen molar-refractivity contribution in [2.75, 3.05) is 6.54 Å². The highest BCUT2D eigenvalue weighted by Gasteiger charge is 2.33. The van der Waals surface area contributed by atoms with Crippen LogP contribution in [0.15, 0.2) is 35.8 Å². The van der Waals surface area contributed by atoms with E-state index in [1.165, 1.54) is 12.1 Å². The summed E-state index contributed by atoms with van der Waals surface area (Å²) in [5, 5.41) is 2.70. The largest absolute Gasteiger partial charge is 0.491 e. The maximum absolute atomic E-state index is 13.1. The first-order valence-electron chi connectivity index (χ1n) is 6.75. The van der Waals surface area contributed by atoms with Crippen molar-refractivity contribution in [1.29, 1.82) is 0 Å². The van der Waals surface area contributed by atoms with E-state index >= 15 is 0 Å². The number of nitrogens with one attached hydrogen (secondary N) is 1. The fraction of sp³-hybridized carbons (Fsp3) is 0.400. The van der Waals surface area contributed by atoms with Crippen molar-refractivity contribution in [2.24, 2.45) is 10.7 Å². The average molecular weight is 443 g/mol. The van der Waals surface area contributed by atoms with E-state index in [-0.39, 0.29) is 53.9 Å². The smallest absolute Gasteiger partial charge is 0.416 e. The van der Waals surface area contributed by atoms with Crippen molar-refractivity contribution in [3.63, 3.8) is 0 Å². The summed E-state index contributed by atoms with van der Waals surface area (Å²) in [5.41, 5.74) is 4.81. The maximum Gasteiger partial charge on any atom is 0.416 e. The lowest BCUT2D eigenvalue weighted by molar-refractivity contribution is -0.138. The molecule has 0 amide bonds. The van der Waals surface area contributed by atoms with Gasteiger partial charge in [0.1, 0.15) is 5.75 Å². The molecule has 4 nitrogen and oxygen atoms in total. The van der Waals surface area contributed by atoms with Gasteiger partial charge in [-0.3, -0.25) is 0 Å². The van der Waals surface area contributed by atoms with Gasteiger partial charge in [0.15, 0.2) is 5.96 Å². The van der Waals surface area contributed by atoms with Crippen LogP contribution in [0.25, 0.3) is 0 Å². The second kappa shape index (κ2) is 9.64. The van der Waals surface area contributed by atoms with Crippen LogP contribution in [0.4, 0.5) is 13.2 Å². The Balaban J connectivity index is 0.00000484. The first kappa shape index (κ1) is 21.6. The molecule has 0 bridgehead atoms. The Kier molecular flexibility index (Phi) is 9.03. The van der Waals surface area contributed by atoms with Crippen LogP contribution in [0.3, 0.4) is 0 Å². The molecule has 0 aliphatic rings. The molecular formula is C15H21F3IN3O. The molecule has 8 heteroatoms. The molecule has 0 radical (unpaired) electrons. The summed E-state index contributed by atoms with van der Waals surface area (Å²) in [4.78, 5) is 3.89. The normalized spacial score (nSPS) is 11.8. The summed E-state index contributed by atoms with van der Waals surface area (Å²) >= 11 is 0. The number of benzene rings is 1. The lowest BCUT2D eigenvalue weighted by atomic mass is 10.1. The van der Waals surface area contributed by atoms with Gasteiger partial charge in [-0.2, -0.15) is 13.2 Å². The minimum Gasteiger partial charge on any atom is -0.491 e. The van der Waals surface area contributed by atoms with Gasteiger partial charge < -0.3 is 15.8 Å². The molecule has 0 heterocycles. The lowest BCUT2D eigenvalue weighted by Gasteiger charge is -2.15. The van der Waals surface area contributed by atoms with Crippen molar-refractivity contribution >= 4 is 29.9 Å². The highest BCUT2D eigenvalue weighted by Crippen LogP contribution is 2.35. The molecular weight excluding hydrogens is 422 g/mol. The van der Waals surface area contributed by atoms with Crippen molar-refractivity contribution in [3.05, 3.63) is 42.0 Å². The summed E-state index contributed by atoms with van der Waals surface area (Å²) in [6, 6.07) is 3.83. The van der Waals surface area contributed by atoms with E-state index < -0.39 is 11.7 Å². The predicted molar refractivity (Wildman–Crippen MR) is 96.1 cm³/mol. The number of guanidine groups is 1. The summed E-state index contributed by atoms with van der Waals surface area (Å²) < 4.78 is 44.7. The van der Waals surface area contributed by atoms with Gasteiger partial charge in [0.05, 0.1) is 18.2 Å². The topological polar surface area (TPSA) is 59.6 Å². The third-order valence-corrected chi connectivity index (χ3v) is 2.61. The third-order valence-electron chi connectivity index (χ3n) is 2.61. The molecule has 23 heavy (non-hydrogen) atoms. The van der Waals surface area contributed by atoms with Crippen LogP contribution in [-0.2, 0) is 12.7 Å². The van der Waals surface area contributed by atoms with Gasteiger partial charge in [-0.25, -0.2) is 4.99 Å². The fourth-order valence-electron chi connectivity index (χ4n) is 1.71. The zero-order chi connectivity index (χ0) is 16.8. The Morgan fingerprint density at radius 3 is 2.61 bits per heavy atom. The third kappa shape index (κ3) is 7.58. The Morgan fingerprint density at radius 1 is 1.43 bits per heavy atom. The number of alkyl halides is 3. The van der Waals surface area contributed by atoms with Gasteiger partial charge in [0, 0.05) is 6.54 Å². The monoisotopic (exact) mass is 443 g/mol. The van der Waals surface area contributed by atoms with Crippen LogP contribution >= 0.6 is 24.0 Å². The number of nitrogens with two attached hydrogens (primary N) is 1. The number of nitrogens with zero attached hydrogens (tertiary/aromatic N) is 1. The summed E-state index contributed by atoms with van der Waals surface area (Å²) in [5.74, 6) is 0.239. The van der Waals surface area contributed by atoms with Gasteiger partial charge in [-0.1, -0.05) is 12.1 Å². The predicted octanol–water partition coefficient (Wildman–Crippen LogP) is 3.70. The molecule has 1 rings (SSSR count). The molecule has 0 fully saturated rings. The number of halogens is 4. The van der Waals surface area contributed by atoms with Crippen LogP contribution in [0.5, 0.6) is 5.75 Å². The number of ether oxygens (including phenoxy) is 1. The molecule has 130 valence electrons. The Hall–Kier alpha value is -1.45. The molecule has 3 N–H and O–H groups in total. The number of hydrogen-bond donors (Lipinski definition) is 2. The zero-order valence-corrected chi connectivity index (χ0v) is 15.3. The zero-order valence-electron chi connectivity index (χ0n) is 13.0. The van der Waals surface area contributed by atoms with Gasteiger partial charge >= 0.3 is 6.18 Å². The maximum atomic E-state index is 13.1. The van der Waals surface area contributed by atoms with Crippen molar-refractivity contribution in [2.45, 2.75) is 32.7 Å². The van der Waals surface area contributed by atoms with Crippen molar-refractivity contribution < 1.29 is 17.9 Å². The highest BCUT2D eigenvalue weighted by molar-refractivity contribution is 14.0. The van der Waals surface area contributed by atoms with Gasteiger partial charge in [-0.15, -0.1) is 30.6 Å². The second-order valence-corrected chi connectivity index (χ2v) is 4.85. The minimum atomic E-state index is -4.48. The number of aliphatic imine (C=N–C) groups is 1. The first-order valence-corrected chi connectivity index (χ1v) is 6.75. The van der Waals surface area contributed by atoms with Crippen molar-refractivity contribution in [3.8, 4) is 5.75 Å². The van der Waals surface area contributed by atoms with Gasteiger partial charge in [0.2, 0.25) is 0 Å². The molecule has 0 saturated carbocycles. The molecule has 0 aromatic heterocycles. The lowest BCUT2D eigenvalue weighted by Crippen LogP contribution is -2.31. The van der Waals surface area contributed by atoms with E-state index in [9.17, 15) is 13.2 Å². The van der Waals surface area contributed by atoms with E-state index in [1.807, 2.05) is 0 Å². The second-order valence-electron chi connectivity index (χ2n) is 4.85. The number of rotatable bonds is 6. The van der Waals surface area contributed by atoms with E-state index in [0.29, 0.717) is 6.54 Å². The summed E-state index contributed by atoms with van der Waals surface area (Å²) in [6.45, 7) is 7.21. The van der Waals surface area contributed by atoms with Gasteiger partial charge in [-0.05, 0) is 31.5 Å². The number of hydrogen-bond acceptors (Lipinski definition) is 2. The highest BCUT2D eigenvalue weighted by atomic mass is 127. The quantitative estimate of drug-likeness (QED) is 0.305. The minimum absolute atomic E-state index is 0. The molecule has 1 aromatic rings. The van der Waals surface area contributed by atoms with E-state index in [0.717, 1.165) is 6.07 Å². The Bertz CT molecular complexity index is 545. The molecule has 0 atom stereocenters. The Morgan fingerprint density at radius 2 is 2.09 bits per heavy atom. The molecule has 0 saturated heterocycles. The van der Waals surface area contributed by atoms with Crippen molar-refractivity contribution in [1.82, 2.24) is 5.32 Å². The van der Waals surface area contributed by atoms with Crippen LogP contribution in [0.1, 0.15) is 25.0 Å². The SMILES string of the molecule is C=CCNC(N)=NCc1ccc(OC(C)C)cc1C(F)(F)F.I. The average Bonchev–Trinajstić information content (AvgIpc) is 2.42. The Labute approximate surface area is 151 Å². The molecule has 0 aliphatic heterocycles. The first-order chi connectivity index (χ1) is 10.2.